The average Bonchev–Trinajstić information content (AvgIpc) is 2.14. The van der Waals surface area contributed by atoms with Crippen molar-refractivity contribution in [2.24, 2.45) is 0 Å². The summed E-state index contributed by atoms with van der Waals surface area (Å²) in [5, 5.41) is 2.76. The van der Waals surface area contributed by atoms with Crippen molar-refractivity contribution in [1.82, 2.24) is 5.32 Å². The Hall–Kier alpha value is -0.530. The first-order chi connectivity index (χ1) is 6.31. The molecule has 0 rings (SSSR count). The monoisotopic (exact) mass is 184 g/mol. The van der Waals surface area contributed by atoms with Gasteiger partial charge in [-0.05, 0) is 12.8 Å². The highest BCUT2D eigenvalue weighted by Gasteiger charge is 1.98. The van der Waals surface area contributed by atoms with E-state index in [0.717, 1.165) is 12.8 Å². The molecule has 2 nitrogen and oxygen atoms in total. The predicted molar refractivity (Wildman–Crippen MR) is 56.1 cm³/mol. The fraction of sp³-hybridized carbons (Fsp3) is 0.818. The molecular weight excluding hydrogens is 162 g/mol. The van der Waals surface area contributed by atoms with Gasteiger partial charge >= 0.3 is 0 Å². The van der Waals surface area contributed by atoms with Crippen molar-refractivity contribution in [1.29, 1.82) is 0 Å². The standard InChI is InChI=1S/C11H22NO/c1-3-5-6-7-8-9-11(13)12-10-4-2/h10H,3-9H2,1-2H3,(H,12,13). The number of hydrogen-bond donors (Lipinski definition) is 1. The van der Waals surface area contributed by atoms with Crippen molar-refractivity contribution in [2.75, 3.05) is 0 Å². The molecule has 0 unspecified atom stereocenters. The summed E-state index contributed by atoms with van der Waals surface area (Å²) in [6.45, 7) is 6.03. The van der Waals surface area contributed by atoms with E-state index in [9.17, 15) is 4.79 Å². The molecule has 0 aliphatic rings. The first-order valence-electron chi connectivity index (χ1n) is 5.42. The van der Waals surface area contributed by atoms with Gasteiger partial charge in [-0.2, -0.15) is 0 Å². The van der Waals surface area contributed by atoms with Crippen LogP contribution in [0.4, 0.5) is 0 Å². The van der Waals surface area contributed by atoms with Gasteiger partial charge in [0.1, 0.15) is 0 Å². The zero-order valence-electron chi connectivity index (χ0n) is 8.94. The molecule has 0 aliphatic carbocycles. The molecule has 0 aliphatic heterocycles. The number of amides is 1. The highest BCUT2D eigenvalue weighted by molar-refractivity contribution is 5.76. The third kappa shape index (κ3) is 9.38. The van der Waals surface area contributed by atoms with E-state index in [2.05, 4.69) is 12.2 Å². The van der Waals surface area contributed by atoms with Crippen LogP contribution >= 0.6 is 0 Å². The average molecular weight is 184 g/mol. The van der Waals surface area contributed by atoms with E-state index in [-0.39, 0.29) is 5.91 Å². The Bertz CT molecular complexity index is 123. The summed E-state index contributed by atoms with van der Waals surface area (Å²) in [6.07, 6.45) is 7.62. The number of nitrogens with one attached hydrogen (secondary N) is 1. The molecule has 1 amide bonds. The molecule has 0 atom stereocenters. The number of carbonyl (C=O) groups excluding carboxylic acids is 1. The predicted octanol–water partition coefficient (Wildman–Crippen LogP) is 3.03. The lowest BCUT2D eigenvalue weighted by Gasteiger charge is -2.02. The van der Waals surface area contributed by atoms with Crippen molar-refractivity contribution in [3.63, 3.8) is 0 Å². The van der Waals surface area contributed by atoms with Gasteiger partial charge < -0.3 is 5.32 Å². The molecular formula is C11H22NO. The molecule has 0 bridgehead atoms. The second-order valence-corrected chi connectivity index (χ2v) is 3.34. The zero-order valence-corrected chi connectivity index (χ0v) is 8.94. The van der Waals surface area contributed by atoms with Gasteiger partial charge in [-0.25, -0.2) is 0 Å². The molecule has 0 fully saturated rings. The van der Waals surface area contributed by atoms with Crippen molar-refractivity contribution in [2.45, 2.75) is 58.8 Å². The molecule has 77 valence electrons. The lowest BCUT2D eigenvalue weighted by Crippen LogP contribution is -2.19. The minimum atomic E-state index is 0.165. The summed E-state index contributed by atoms with van der Waals surface area (Å²) in [5.74, 6) is 0.165. The molecule has 0 spiro atoms. The first kappa shape index (κ1) is 12.5. The quantitative estimate of drug-likeness (QED) is 0.577. The van der Waals surface area contributed by atoms with Crippen molar-refractivity contribution >= 4 is 5.91 Å². The lowest BCUT2D eigenvalue weighted by atomic mass is 10.1. The Labute approximate surface area is 82.1 Å². The van der Waals surface area contributed by atoms with Gasteiger partial charge in [0.15, 0.2) is 0 Å². The lowest BCUT2D eigenvalue weighted by molar-refractivity contribution is -0.120. The maximum atomic E-state index is 11.1. The van der Waals surface area contributed by atoms with Crippen LogP contribution in [0.15, 0.2) is 0 Å². The van der Waals surface area contributed by atoms with Gasteiger partial charge in [-0.15, -0.1) is 0 Å². The number of hydrogen-bond acceptors (Lipinski definition) is 1. The largest absolute Gasteiger partial charge is 0.351 e. The van der Waals surface area contributed by atoms with Gasteiger partial charge in [-0.1, -0.05) is 39.5 Å². The van der Waals surface area contributed by atoms with Crippen LogP contribution in [0.25, 0.3) is 0 Å². The molecule has 2 heteroatoms. The summed E-state index contributed by atoms with van der Waals surface area (Å²) in [5.41, 5.74) is 0. The molecule has 0 aromatic rings. The number of carbonyl (C=O) groups is 1. The van der Waals surface area contributed by atoms with Gasteiger partial charge in [0, 0.05) is 13.0 Å². The van der Waals surface area contributed by atoms with E-state index < -0.39 is 0 Å². The van der Waals surface area contributed by atoms with E-state index in [4.69, 9.17) is 0 Å². The minimum absolute atomic E-state index is 0.165. The van der Waals surface area contributed by atoms with Gasteiger partial charge in [0.25, 0.3) is 0 Å². The Morgan fingerprint density at radius 3 is 2.46 bits per heavy atom. The SMILES string of the molecule is CC[CH]NC(=O)CCCCCCC. The molecule has 1 N–H and O–H groups in total. The maximum absolute atomic E-state index is 11.1. The van der Waals surface area contributed by atoms with E-state index in [1.165, 1.54) is 25.7 Å². The first-order valence-corrected chi connectivity index (χ1v) is 5.42. The maximum Gasteiger partial charge on any atom is 0.220 e. The Balaban J connectivity index is 3.08. The topological polar surface area (TPSA) is 29.1 Å². The summed E-state index contributed by atoms with van der Waals surface area (Å²) < 4.78 is 0. The van der Waals surface area contributed by atoms with E-state index in [1.807, 2.05) is 13.5 Å². The van der Waals surface area contributed by atoms with E-state index in [0.29, 0.717) is 6.42 Å². The van der Waals surface area contributed by atoms with Crippen molar-refractivity contribution in [3.05, 3.63) is 6.54 Å². The Morgan fingerprint density at radius 2 is 1.85 bits per heavy atom. The second-order valence-electron chi connectivity index (χ2n) is 3.34. The molecule has 0 saturated carbocycles. The zero-order chi connectivity index (χ0) is 9.94. The normalized spacial score (nSPS) is 10.0. The Morgan fingerprint density at radius 1 is 1.15 bits per heavy atom. The number of rotatable bonds is 8. The van der Waals surface area contributed by atoms with Crippen molar-refractivity contribution < 1.29 is 4.79 Å². The van der Waals surface area contributed by atoms with Crippen LogP contribution in [-0.4, -0.2) is 5.91 Å². The molecule has 0 aromatic carbocycles. The third-order valence-corrected chi connectivity index (χ3v) is 1.97. The fourth-order valence-electron chi connectivity index (χ4n) is 1.18. The molecule has 0 heterocycles. The van der Waals surface area contributed by atoms with Crippen LogP contribution in [0.5, 0.6) is 0 Å². The third-order valence-electron chi connectivity index (χ3n) is 1.97. The minimum Gasteiger partial charge on any atom is -0.351 e. The van der Waals surface area contributed by atoms with Gasteiger partial charge in [0.2, 0.25) is 5.91 Å². The highest BCUT2D eigenvalue weighted by Crippen LogP contribution is 2.04. The van der Waals surface area contributed by atoms with Crippen LogP contribution in [0, 0.1) is 6.54 Å². The molecule has 1 radical (unpaired) electrons. The van der Waals surface area contributed by atoms with Crippen LogP contribution in [0.1, 0.15) is 58.8 Å². The smallest absolute Gasteiger partial charge is 0.220 e. The summed E-state index contributed by atoms with van der Waals surface area (Å²) in [6, 6.07) is 0. The van der Waals surface area contributed by atoms with E-state index in [1.54, 1.807) is 0 Å². The van der Waals surface area contributed by atoms with Crippen LogP contribution < -0.4 is 5.32 Å². The van der Waals surface area contributed by atoms with Crippen LogP contribution in [-0.2, 0) is 4.79 Å². The fourth-order valence-corrected chi connectivity index (χ4v) is 1.18. The van der Waals surface area contributed by atoms with Gasteiger partial charge in [0.05, 0.1) is 0 Å². The van der Waals surface area contributed by atoms with Crippen LogP contribution in [0.2, 0.25) is 0 Å². The second kappa shape index (κ2) is 9.56. The summed E-state index contributed by atoms with van der Waals surface area (Å²) >= 11 is 0. The summed E-state index contributed by atoms with van der Waals surface area (Å²) in [7, 11) is 0. The van der Waals surface area contributed by atoms with Gasteiger partial charge in [-0.3, -0.25) is 4.79 Å². The Kier molecular flexibility index (Phi) is 9.17. The number of unbranched alkanes of at least 4 members (excludes halogenated alkanes) is 4. The van der Waals surface area contributed by atoms with Crippen molar-refractivity contribution in [3.8, 4) is 0 Å². The molecule has 13 heavy (non-hydrogen) atoms. The molecule has 0 aromatic heterocycles. The molecule has 0 saturated heterocycles. The van der Waals surface area contributed by atoms with Crippen LogP contribution in [0.3, 0.4) is 0 Å². The summed E-state index contributed by atoms with van der Waals surface area (Å²) in [4.78, 5) is 11.1. The van der Waals surface area contributed by atoms with E-state index >= 15 is 0 Å². The highest BCUT2D eigenvalue weighted by atomic mass is 16.1.